The van der Waals surface area contributed by atoms with Crippen molar-refractivity contribution in [2.45, 2.75) is 25.8 Å². The zero-order valence-electron chi connectivity index (χ0n) is 9.36. The summed E-state index contributed by atoms with van der Waals surface area (Å²) in [5, 5.41) is 0.729. The molecular formula is C12H16ClN3. The minimum Gasteiger partial charge on any atom is -0.370 e. The van der Waals surface area contributed by atoms with Gasteiger partial charge >= 0.3 is 0 Å². The van der Waals surface area contributed by atoms with Gasteiger partial charge in [0, 0.05) is 10.7 Å². The monoisotopic (exact) mass is 237 g/mol. The van der Waals surface area contributed by atoms with Crippen molar-refractivity contribution in [1.29, 1.82) is 0 Å². The second-order valence-corrected chi connectivity index (χ2v) is 4.43. The number of nitrogens with zero attached hydrogens (tertiary/aromatic N) is 2. The van der Waals surface area contributed by atoms with Crippen molar-refractivity contribution in [3.63, 3.8) is 0 Å². The topological polar surface area (TPSA) is 41.6 Å². The predicted octanol–water partition coefficient (Wildman–Crippen LogP) is 2.64. The first-order valence-electron chi connectivity index (χ1n) is 5.57. The number of nitrogens with two attached hydrogens (primary N) is 1. The lowest BCUT2D eigenvalue weighted by atomic mass is 10.1. The lowest BCUT2D eigenvalue weighted by Gasteiger charge is -2.26. The minimum atomic E-state index is 0.378. The van der Waals surface area contributed by atoms with E-state index < -0.39 is 0 Å². The van der Waals surface area contributed by atoms with Crippen molar-refractivity contribution in [2.75, 3.05) is 11.4 Å². The maximum Gasteiger partial charge on any atom is 0.196 e. The normalized spacial score (nSPS) is 20.0. The van der Waals surface area contributed by atoms with E-state index in [2.05, 4.69) is 16.8 Å². The summed E-state index contributed by atoms with van der Waals surface area (Å²) in [6, 6.07) is 8.12. The molecule has 2 rings (SSSR count). The fourth-order valence-corrected chi connectivity index (χ4v) is 2.25. The summed E-state index contributed by atoms with van der Waals surface area (Å²) in [6.07, 6.45) is 2.22. The van der Waals surface area contributed by atoms with Crippen molar-refractivity contribution in [2.24, 2.45) is 10.7 Å². The number of halogens is 1. The highest BCUT2D eigenvalue weighted by Crippen LogP contribution is 2.25. The fourth-order valence-electron chi connectivity index (χ4n) is 2.07. The largest absolute Gasteiger partial charge is 0.370 e. The van der Waals surface area contributed by atoms with E-state index in [4.69, 9.17) is 17.3 Å². The lowest BCUT2D eigenvalue weighted by Crippen LogP contribution is -2.40. The van der Waals surface area contributed by atoms with Crippen LogP contribution in [0.5, 0.6) is 0 Å². The number of benzene rings is 1. The molecule has 0 amide bonds. The molecule has 1 heterocycles. The average Bonchev–Trinajstić information content (AvgIpc) is 2.60. The van der Waals surface area contributed by atoms with E-state index in [1.54, 1.807) is 0 Å². The van der Waals surface area contributed by atoms with Crippen LogP contribution in [0.15, 0.2) is 29.3 Å². The highest BCUT2D eigenvalue weighted by molar-refractivity contribution is 6.30. The van der Waals surface area contributed by atoms with Crippen LogP contribution in [0.2, 0.25) is 5.02 Å². The molecule has 0 saturated carbocycles. The molecule has 16 heavy (non-hydrogen) atoms. The highest BCUT2D eigenvalue weighted by atomic mass is 35.5. The molecule has 0 aromatic heterocycles. The van der Waals surface area contributed by atoms with Gasteiger partial charge in [0.25, 0.3) is 0 Å². The third-order valence-corrected chi connectivity index (χ3v) is 3.02. The molecule has 1 aromatic rings. The van der Waals surface area contributed by atoms with Gasteiger partial charge in [-0.05, 0) is 24.6 Å². The summed E-state index contributed by atoms with van der Waals surface area (Å²) in [5.41, 5.74) is 6.95. The summed E-state index contributed by atoms with van der Waals surface area (Å²) in [6.45, 7) is 2.96. The second-order valence-electron chi connectivity index (χ2n) is 3.99. The molecule has 0 fully saturated rings. The molecule has 1 atom stereocenters. The van der Waals surface area contributed by atoms with E-state index in [0.29, 0.717) is 12.0 Å². The molecule has 0 bridgehead atoms. The van der Waals surface area contributed by atoms with Gasteiger partial charge < -0.3 is 10.6 Å². The Balaban J connectivity index is 2.26. The van der Waals surface area contributed by atoms with Crippen LogP contribution in [0, 0.1) is 0 Å². The van der Waals surface area contributed by atoms with Gasteiger partial charge in [0.2, 0.25) is 0 Å². The Bertz CT molecular complexity index is 403. The van der Waals surface area contributed by atoms with Gasteiger partial charge in [-0.15, -0.1) is 0 Å². The first-order valence-corrected chi connectivity index (χ1v) is 5.95. The van der Waals surface area contributed by atoms with Crippen LogP contribution in [0.4, 0.5) is 5.69 Å². The molecule has 1 aliphatic heterocycles. The summed E-state index contributed by atoms with van der Waals surface area (Å²) in [7, 11) is 0. The summed E-state index contributed by atoms with van der Waals surface area (Å²) in [4.78, 5) is 6.38. The van der Waals surface area contributed by atoms with E-state index in [9.17, 15) is 0 Å². The van der Waals surface area contributed by atoms with Gasteiger partial charge in [-0.3, -0.25) is 4.99 Å². The van der Waals surface area contributed by atoms with Crippen LogP contribution < -0.4 is 10.6 Å². The average molecular weight is 238 g/mol. The predicted molar refractivity (Wildman–Crippen MR) is 69.1 cm³/mol. The van der Waals surface area contributed by atoms with Gasteiger partial charge in [0.15, 0.2) is 5.96 Å². The third kappa shape index (κ3) is 2.14. The first kappa shape index (κ1) is 11.3. The Morgan fingerprint density at radius 1 is 1.56 bits per heavy atom. The van der Waals surface area contributed by atoms with Gasteiger partial charge in [0.05, 0.1) is 12.6 Å². The number of rotatable bonds is 3. The second kappa shape index (κ2) is 4.74. The van der Waals surface area contributed by atoms with Crippen molar-refractivity contribution >= 4 is 23.2 Å². The van der Waals surface area contributed by atoms with E-state index in [0.717, 1.165) is 30.1 Å². The Morgan fingerprint density at radius 2 is 2.38 bits per heavy atom. The minimum absolute atomic E-state index is 0.378. The maximum atomic E-state index is 5.99. The molecule has 1 aromatic carbocycles. The summed E-state index contributed by atoms with van der Waals surface area (Å²) < 4.78 is 0. The molecule has 0 spiro atoms. The van der Waals surface area contributed by atoms with Crippen LogP contribution in [0.3, 0.4) is 0 Å². The Morgan fingerprint density at radius 3 is 3.06 bits per heavy atom. The van der Waals surface area contributed by atoms with Crippen LogP contribution >= 0.6 is 11.6 Å². The smallest absolute Gasteiger partial charge is 0.196 e. The molecule has 0 radical (unpaired) electrons. The standard InChI is InChI=1S/C12H16ClN3/c1-2-4-11-8-15-12(14)16(11)10-6-3-5-9(13)7-10/h3,5-7,11H,2,4,8H2,1H3,(H2,14,15). The van der Waals surface area contributed by atoms with Crippen LogP contribution in [0.1, 0.15) is 19.8 Å². The molecule has 1 unspecified atom stereocenters. The van der Waals surface area contributed by atoms with E-state index in [-0.39, 0.29) is 0 Å². The van der Waals surface area contributed by atoms with Crippen molar-refractivity contribution in [3.05, 3.63) is 29.3 Å². The molecule has 0 aliphatic carbocycles. The SMILES string of the molecule is CCCC1CN=C(N)N1c1cccc(Cl)c1. The van der Waals surface area contributed by atoms with Crippen molar-refractivity contribution in [3.8, 4) is 0 Å². The lowest BCUT2D eigenvalue weighted by molar-refractivity contribution is 0.632. The quantitative estimate of drug-likeness (QED) is 0.878. The van der Waals surface area contributed by atoms with Crippen LogP contribution in [0.25, 0.3) is 0 Å². The van der Waals surface area contributed by atoms with Gasteiger partial charge in [0.1, 0.15) is 0 Å². The summed E-state index contributed by atoms with van der Waals surface area (Å²) in [5.74, 6) is 0.598. The molecule has 2 N–H and O–H groups in total. The highest BCUT2D eigenvalue weighted by Gasteiger charge is 2.26. The zero-order valence-corrected chi connectivity index (χ0v) is 10.1. The molecule has 4 heteroatoms. The Hall–Kier alpha value is -1.22. The molecule has 3 nitrogen and oxygen atoms in total. The van der Waals surface area contributed by atoms with Crippen LogP contribution in [-0.2, 0) is 0 Å². The van der Waals surface area contributed by atoms with Gasteiger partial charge in [-0.25, -0.2) is 0 Å². The van der Waals surface area contributed by atoms with E-state index in [1.807, 2.05) is 24.3 Å². The Kier molecular flexibility index (Phi) is 3.34. The zero-order chi connectivity index (χ0) is 11.5. The molecule has 1 aliphatic rings. The van der Waals surface area contributed by atoms with E-state index >= 15 is 0 Å². The first-order chi connectivity index (χ1) is 7.72. The third-order valence-electron chi connectivity index (χ3n) is 2.78. The number of hydrogen-bond acceptors (Lipinski definition) is 3. The number of aliphatic imine (C=N–C) groups is 1. The van der Waals surface area contributed by atoms with Crippen molar-refractivity contribution in [1.82, 2.24) is 0 Å². The summed E-state index contributed by atoms with van der Waals surface area (Å²) >= 11 is 5.99. The fraction of sp³-hybridized carbons (Fsp3) is 0.417. The number of hydrogen-bond donors (Lipinski definition) is 1. The Labute approximate surface area is 101 Å². The van der Waals surface area contributed by atoms with E-state index in [1.165, 1.54) is 0 Å². The number of guanidine groups is 1. The number of anilines is 1. The van der Waals surface area contributed by atoms with Gasteiger partial charge in [-0.1, -0.05) is 31.0 Å². The molecular weight excluding hydrogens is 222 g/mol. The maximum absolute atomic E-state index is 5.99. The molecule has 86 valence electrons. The molecule has 0 saturated heterocycles. The van der Waals surface area contributed by atoms with Gasteiger partial charge in [-0.2, -0.15) is 0 Å². The van der Waals surface area contributed by atoms with Crippen LogP contribution in [-0.4, -0.2) is 18.5 Å². The van der Waals surface area contributed by atoms with Crippen molar-refractivity contribution < 1.29 is 0 Å².